The number of nitrogens with two attached hydrogens (primary N) is 2. The molecule has 3 saturated heterocycles. The first-order chi connectivity index (χ1) is 62.3. The number of fused-ring (bicyclic) bond motifs is 4. The predicted octanol–water partition coefficient (Wildman–Crippen LogP) is -1.86. The van der Waals surface area contributed by atoms with Crippen LogP contribution in [0.25, 0.3) is 21.8 Å². The molecule has 21 N–H and O–H groups in total. The molecule has 6 heterocycles. The van der Waals surface area contributed by atoms with Gasteiger partial charge < -0.3 is 120 Å². The second-order valence-electron chi connectivity index (χ2n) is 35.0. The maximum atomic E-state index is 15.6. The first kappa shape index (κ1) is 102. The Kier molecular flexibility index (Phi) is 37.4. The predicted molar refractivity (Wildman–Crippen MR) is 481 cm³/mol. The third kappa shape index (κ3) is 28.3. The minimum absolute atomic E-state index is 0.000819. The number of aliphatic hydroxyl groups is 2. The Morgan fingerprint density at radius 2 is 1.09 bits per heavy atom. The van der Waals surface area contributed by atoms with Gasteiger partial charge in [-0.15, -0.1) is 0 Å². The van der Waals surface area contributed by atoms with E-state index in [0.717, 1.165) is 14.7 Å². The van der Waals surface area contributed by atoms with Crippen molar-refractivity contribution < 1.29 is 92.0 Å². The van der Waals surface area contributed by atoms with E-state index in [-0.39, 0.29) is 94.8 Å². The topological polar surface area (TPSA) is 595 Å². The van der Waals surface area contributed by atoms with Gasteiger partial charge in [-0.1, -0.05) is 116 Å². The Morgan fingerprint density at radius 3 is 1.69 bits per heavy atom. The summed E-state index contributed by atoms with van der Waals surface area (Å²) >= 11 is 0. The molecule has 15 atom stereocenters. The lowest BCUT2D eigenvalue weighted by molar-refractivity contribution is -0.147. The van der Waals surface area contributed by atoms with E-state index in [1.807, 2.05) is 32.0 Å². The number of carbonyl (C=O) groups excluding carboxylic acids is 16. The van der Waals surface area contributed by atoms with Crippen LogP contribution in [0.15, 0.2) is 97.7 Å². The number of unbranched alkanes of at least 4 members (excludes halogenated alkanes) is 2. The minimum atomic E-state index is -1.76. The maximum Gasteiger partial charge on any atom is 0.246 e. The minimum Gasteiger partial charge on any atom is -0.508 e. The van der Waals surface area contributed by atoms with Gasteiger partial charge in [0.1, 0.15) is 78.4 Å². The molecule has 0 spiro atoms. The Balaban J connectivity index is 1.08. The lowest BCUT2D eigenvalue weighted by Gasteiger charge is -2.41. The SMILES string of the molecule is CCCC[C@H]1C(O)N(C)[C@@H](CCCC)C(=O)N[C@@H](CC(C)C)C(=O)N[C@H](C(=O)NCC(N)=O)CNCC(=O)N[C@@H](Cc2ccc(O)cc2)C(=O)N(C)[C@@H](C)C(=O)N[C@@H](CC(N)=O)C(=O)N2CCC[C@H]2C(=O)N[C@@H](Cc2cnc[nH]2)C(=O)N[C@@H](CC(C)C)C(=O)N2C[C@H](O)C[C@H]2C(=O)N[C@@H](Cc2c[nH]c3ccccc23)C(=O)NCC(=O)N[C@@H](Cc2c[nH]c3ccccc23)C(=O)N1C. The summed E-state index contributed by atoms with van der Waals surface area (Å²) in [7, 11) is 4.18. The third-order valence-electron chi connectivity index (χ3n) is 24.0. The lowest BCUT2D eigenvalue weighted by atomic mass is 9.99. The highest BCUT2D eigenvalue weighted by Crippen LogP contribution is 2.28. The monoisotopic (exact) mass is 1820 g/mol. The quantitative estimate of drug-likeness (QED) is 0.0334. The number of imidazole rings is 1. The molecule has 9 rings (SSSR count). The Morgan fingerprint density at radius 1 is 0.550 bits per heavy atom. The zero-order valence-corrected chi connectivity index (χ0v) is 75.8. The van der Waals surface area contributed by atoms with Crippen molar-refractivity contribution in [2.45, 2.75) is 242 Å². The zero-order valence-electron chi connectivity index (χ0n) is 75.8. The molecule has 41 heteroatoms. The number of aromatic hydroxyl groups is 1. The van der Waals surface area contributed by atoms with Crippen LogP contribution in [-0.2, 0) is 102 Å². The van der Waals surface area contributed by atoms with Crippen molar-refractivity contribution >= 4 is 116 Å². The number of H-pyrrole nitrogens is 3. The molecule has 3 aromatic carbocycles. The van der Waals surface area contributed by atoms with Crippen LogP contribution in [0.2, 0.25) is 0 Å². The van der Waals surface area contributed by atoms with E-state index in [1.54, 1.807) is 70.4 Å². The number of carbonyl (C=O) groups is 16. The number of aliphatic hydroxyl groups excluding tert-OH is 2. The van der Waals surface area contributed by atoms with Crippen molar-refractivity contribution in [3.63, 3.8) is 0 Å². The van der Waals surface area contributed by atoms with Crippen LogP contribution in [0, 0.1) is 11.8 Å². The number of phenolic OH excluding ortho intramolecular Hbond substituents is 1. The number of primary amides is 2. The van der Waals surface area contributed by atoms with Crippen LogP contribution in [-0.4, -0.2) is 306 Å². The van der Waals surface area contributed by atoms with Gasteiger partial charge in [0.15, 0.2) is 0 Å². The number of likely N-dealkylation sites (N-methyl/N-ethyl adjacent to an activating group) is 3. The van der Waals surface area contributed by atoms with Crippen LogP contribution < -0.4 is 70.0 Å². The van der Waals surface area contributed by atoms with Crippen molar-refractivity contribution in [3.8, 4) is 5.75 Å². The second-order valence-corrected chi connectivity index (χ2v) is 35.0. The number of nitrogens with zero attached hydrogens (tertiary/aromatic N) is 6. The van der Waals surface area contributed by atoms with E-state index in [4.69, 9.17) is 11.5 Å². The average molecular weight is 1820 g/mol. The van der Waals surface area contributed by atoms with E-state index in [0.29, 0.717) is 69.9 Å². The van der Waals surface area contributed by atoms with Gasteiger partial charge in [0, 0.05) is 112 Å². The van der Waals surface area contributed by atoms with Crippen molar-refractivity contribution in [3.05, 3.63) is 120 Å². The summed E-state index contributed by atoms with van der Waals surface area (Å²) in [6, 6.07) is 1.21. The van der Waals surface area contributed by atoms with Crippen molar-refractivity contribution in [2.24, 2.45) is 23.3 Å². The normalized spacial score (nSPS) is 25.4. The smallest absolute Gasteiger partial charge is 0.246 e. The molecule has 0 radical (unpaired) electrons. The largest absolute Gasteiger partial charge is 0.508 e. The zero-order chi connectivity index (χ0) is 95.6. The van der Waals surface area contributed by atoms with E-state index < -0.39 is 225 Å². The standard InChI is InChI=1S/C90H128N22O19/c1-11-13-24-70-83(124)102-62(32-49(3)4)81(122)107-69(80(121)97-44-75(92)116)43-93-45-76(117)100-66(34-52-27-29-56(113)30-28-52)86(127)108(8)51(7)78(119)105-68(39-74(91)115)88(129)111-31-19-26-71(111)84(125)104-64(37-55-42-94-48-99-55)82(123)106-65(33-50(5)6)89(130)112-47-57(114)38-73(112)85(126)103-63(35-53-40-95-60-22-17-15-20-58(53)60)79(120)98-46-77(118)101-67(36-54-41-96-61-23-18-16-21-59(54)61)87(128)110(10)72(25-14-12-2)90(131)109(70)9/h15-18,20-23,27-30,40-42,48-51,57,62-73,90,93,95-96,113-114,131H,11-14,19,24-26,31-39,43-47H2,1-10H3,(H2,91,115)(H2,92,116)(H,94,99)(H,97,121)(H,98,120)(H,100,117)(H,101,118)(H,102,124)(H,103,126)(H,104,125)(H,105,119)(H,106,123)(H,107,122)/t51-,57+,62-,63-,64-,65-,66-,67-,68-,69-,70-,71-,72-,73-,90?/m0/s1. The summed E-state index contributed by atoms with van der Waals surface area (Å²) in [5.74, 6) is -15.1. The van der Waals surface area contributed by atoms with Crippen LogP contribution >= 0.6 is 0 Å². The number of benzene rings is 3. The van der Waals surface area contributed by atoms with Crippen molar-refractivity contribution in [1.29, 1.82) is 0 Å². The number of para-hydroxylation sites is 2. The molecule has 3 aliphatic heterocycles. The van der Waals surface area contributed by atoms with E-state index in [2.05, 4.69) is 78.4 Å². The van der Waals surface area contributed by atoms with Crippen molar-refractivity contribution in [2.75, 3.05) is 60.4 Å². The number of rotatable bonds is 23. The highest BCUT2D eigenvalue weighted by Gasteiger charge is 2.47. The summed E-state index contributed by atoms with van der Waals surface area (Å²) in [4.78, 5) is 253. The fraction of sp³-hybridized carbons (Fsp3) is 0.544. The Hall–Kier alpha value is -12.9. The summed E-state index contributed by atoms with van der Waals surface area (Å²) in [6.07, 6.45) is 3.49. The van der Waals surface area contributed by atoms with Gasteiger partial charge in [-0.3, -0.25) is 81.6 Å². The number of aromatic nitrogens is 4. The first-order valence-corrected chi connectivity index (χ1v) is 44.7. The van der Waals surface area contributed by atoms with E-state index in [1.165, 1.54) is 74.7 Å². The third-order valence-corrected chi connectivity index (χ3v) is 24.0. The van der Waals surface area contributed by atoms with E-state index >= 15 is 28.8 Å². The van der Waals surface area contributed by atoms with Crippen LogP contribution in [0.5, 0.6) is 5.75 Å². The van der Waals surface area contributed by atoms with Gasteiger partial charge in [0.05, 0.1) is 50.6 Å². The highest BCUT2D eigenvalue weighted by molar-refractivity contribution is 6.01. The number of aromatic amines is 3. The second kappa shape index (κ2) is 48.1. The molecule has 3 aromatic heterocycles. The number of hydrogen-bond donors (Lipinski definition) is 19. The van der Waals surface area contributed by atoms with Gasteiger partial charge in [-0.2, -0.15) is 0 Å². The molecule has 16 amide bonds. The summed E-state index contributed by atoms with van der Waals surface area (Å²) in [5.41, 5.74) is 14.4. The summed E-state index contributed by atoms with van der Waals surface area (Å²) in [5, 5.41) is 65.5. The molecular weight excluding hydrogens is 1690 g/mol. The van der Waals surface area contributed by atoms with E-state index in [9.17, 15) is 63.3 Å². The molecular formula is C90H128N22O19. The molecule has 3 aliphatic rings. The molecule has 3 fully saturated rings. The number of amides is 16. The molecule has 0 saturated carbocycles. The molecule has 131 heavy (non-hydrogen) atoms. The molecule has 0 bridgehead atoms. The van der Waals surface area contributed by atoms with Gasteiger partial charge in [0.2, 0.25) is 94.5 Å². The number of phenols is 1. The fourth-order valence-corrected chi connectivity index (χ4v) is 16.8. The number of hydrogen-bond acceptors (Lipinski definition) is 22. The van der Waals surface area contributed by atoms with Gasteiger partial charge >= 0.3 is 0 Å². The van der Waals surface area contributed by atoms with Gasteiger partial charge in [-0.05, 0) is 105 Å². The van der Waals surface area contributed by atoms with Gasteiger partial charge in [-0.25, -0.2) is 4.98 Å². The highest BCUT2D eigenvalue weighted by atomic mass is 16.3. The van der Waals surface area contributed by atoms with Crippen LogP contribution in [0.3, 0.4) is 0 Å². The fourth-order valence-electron chi connectivity index (χ4n) is 16.8. The Bertz CT molecular complexity index is 5000. The first-order valence-electron chi connectivity index (χ1n) is 44.7. The maximum absolute atomic E-state index is 15.6. The number of nitrogens with one attached hydrogen (secondary N) is 14. The Labute approximate surface area is 759 Å². The van der Waals surface area contributed by atoms with Crippen molar-refractivity contribution in [1.82, 2.24) is 103 Å². The summed E-state index contributed by atoms with van der Waals surface area (Å²) < 4.78 is 0. The molecule has 6 aromatic rings. The molecule has 41 nitrogen and oxygen atoms in total. The molecule has 712 valence electrons. The van der Waals surface area contributed by atoms with Crippen LogP contribution in [0.1, 0.15) is 148 Å². The lowest BCUT2D eigenvalue weighted by Crippen LogP contribution is -2.62. The molecule has 1 unspecified atom stereocenters. The molecule has 0 aliphatic carbocycles. The van der Waals surface area contributed by atoms with Gasteiger partial charge in [0.25, 0.3) is 0 Å². The van der Waals surface area contributed by atoms with Crippen LogP contribution in [0.4, 0.5) is 0 Å². The summed E-state index contributed by atoms with van der Waals surface area (Å²) in [6.45, 7) is 8.97. The average Bonchev–Trinajstić information content (AvgIpc) is 1.57.